The Kier molecular flexibility index (Phi) is 5.72. The summed E-state index contributed by atoms with van der Waals surface area (Å²) in [6.45, 7) is 9.16. The molecule has 1 aliphatic rings. The fraction of sp³-hybridized carbons (Fsp3) is 0.440. The molecule has 2 atom stereocenters. The number of nitrogens with one attached hydrogen (secondary N) is 2. The minimum atomic E-state index is 0.187. The summed E-state index contributed by atoms with van der Waals surface area (Å²) < 4.78 is 11.5. The summed E-state index contributed by atoms with van der Waals surface area (Å²) in [7, 11) is 3.82. The lowest BCUT2D eigenvalue weighted by Gasteiger charge is -2.41. The molecule has 1 saturated heterocycles. The highest BCUT2D eigenvalue weighted by atomic mass is 16.5. The largest absolute Gasteiger partial charge is 0.497 e. The number of benzene rings is 2. The van der Waals surface area contributed by atoms with E-state index in [1.165, 1.54) is 5.69 Å². The summed E-state index contributed by atoms with van der Waals surface area (Å²) in [6.07, 6.45) is 0.187. The van der Waals surface area contributed by atoms with Crippen molar-refractivity contribution in [1.29, 1.82) is 0 Å². The highest BCUT2D eigenvalue weighted by Crippen LogP contribution is 2.31. The van der Waals surface area contributed by atoms with Gasteiger partial charge >= 0.3 is 0 Å². The molecule has 0 spiro atoms. The van der Waals surface area contributed by atoms with Crippen molar-refractivity contribution in [2.75, 3.05) is 38.8 Å². The van der Waals surface area contributed by atoms with E-state index in [0.717, 1.165) is 58.9 Å². The Balaban J connectivity index is 1.44. The zero-order valence-electron chi connectivity index (χ0n) is 19.9. The number of imidazole rings is 1. The van der Waals surface area contributed by atoms with Gasteiger partial charge in [-0.15, -0.1) is 0 Å². The zero-order valence-corrected chi connectivity index (χ0v) is 19.9. The van der Waals surface area contributed by atoms with Crippen molar-refractivity contribution in [1.82, 2.24) is 25.1 Å². The molecule has 0 bridgehead atoms. The predicted molar refractivity (Wildman–Crippen MR) is 132 cm³/mol. The molecule has 2 aromatic heterocycles. The van der Waals surface area contributed by atoms with Gasteiger partial charge in [-0.05, 0) is 64.2 Å². The van der Waals surface area contributed by atoms with E-state index in [9.17, 15) is 0 Å². The second-order valence-electron chi connectivity index (χ2n) is 9.26. The topological polar surface area (TPSA) is 82.3 Å². The molecule has 33 heavy (non-hydrogen) atoms. The van der Waals surface area contributed by atoms with Crippen molar-refractivity contribution in [3.8, 4) is 17.3 Å². The van der Waals surface area contributed by atoms with E-state index in [1.54, 1.807) is 7.11 Å². The third-order valence-corrected chi connectivity index (χ3v) is 6.67. The lowest BCUT2D eigenvalue weighted by molar-refractivity contribution is 0.000769. The van der Waals surface area contributed by atoms with Crippen molar-refractivity contribution >= 4 is 27.6 Å². The van der Waals surface area contributed by atoms with Gasteiger partial charge in [0.05, 0.1) is 36.4 Å². The van der Waals surface area contributed by atoms with Crippen LogP contribution in [0.25, 0.3) is 33.5 Å². The second-order valence-corrected chi connectivity index (χ2v) is 9.26. The van der Waals surface area contributed by atoms with E-state index >= 15 is 0 Å². The molecule has 3 heterocycles. The number of likely N-dealkylation sites (N-methyl/N-ethyl adjacent to an activating group) is 1. The molecule has 0 radical (unpaired) electrons. The molecule has 4 aromatic rings. The van der Waals surface area contributed by atoms with Gasteiger partial charge in [0.2, 0.25) is 0 Å². The van der Waals surface area contributed by atoms with Gasteiger partial charge in [0.15, 0.2) is 5.82 Å². The van der Waals surface area contributed by atoms with Crippen LogP contribution in [0.4, 0.5) is 5.69 Å². The standard InChI is InChI=1S/C25H32N6O2/c1-15(2)30(4)12-19-13-31(16(3)14-33-19)17-6-8-22-23(10-17)27-25(26-22)24-20-11-18(32-5)7-9-21(20)28-29-24/h6-11,15-16,19H,12-14H2,1-5H3,(H,26,27)(H,28,29)/t16-,19-/m0/s1. The van der Waals surface area contributed by atoms with Crippen LogP contribution in [0.1, 0.15) is 20.8 Å². The number of hydrogen-bond acceptors (Lipinski definition) is 6. The van der Waals surface area contributed by atoms with Gasteiger partial charge in [0.1, 0.15) is 11.4 Å². The molecule has 2 aromatic carbocycles. The molecule has 1 aliphatic heterocycles. The van der Waals surface area contributed by atoms with Crippen molar-refractivity contribution in [3.63, 3.8) is 0 Å². The van der Waals surface area contributed by atoms with Gasteiger partial charge in [-0.2, -0.15) is 5.10 Å². The van der Waals surface area contributed by atoms with Crippen LogP contribution < -0.4 is 9.64 Å². The molecule has 1 fully saturated rings. The maximum atomic E-state index is 6.14. The number of fused-ring (bicyclic) bond motifs is 2. The zero-order chi connectivity index (χ0) is 23.1. The van der Waals surface area contributed by atoms with Crippen LogP contribution in [-0.2, 0) is 4.74 Å². The van der Waals surface area contributed by atoms with E-state index < -0.39 is 0 Å². The third kappa shape index (κ3) is 4.16. The van der Waals surface area contributed by atoms with Gasteiger partial charge in [0, 0.05) is 36.2 Å². The first-order valence-electron chi connectivity index (χ1n) is 11.5. The Morgan fingerprint density at radius 3 is 2.85 bits per heavy atom. The number of nitrogens with zero attached hydrogens (tertiary/aromatic N) is 4. The predicted octanol–water partition coefficient (Wildman–Crippen LogP) is 4.05. The number of H-pyrrole nitrogens is 2. The summed E-state index contributed by atoms with van der Waals surface area (Å²) in [5.74, 6) is 1.54. The van der Waals surface area contributed by atoms with E-state index in [0.29, 0.717) is 12.1 Å². The van der Waals surface area contributed by atoms with Crippen LogP contribution in [0.3, 0.4) is 0 Å². The first-order chi connectivity index (χ1) is 15.9. The van der Waals surface area contributed by atoms with Gasteiger partial charge in [-0.25, -0.2) is 4.98 Å². The summed E-state index contributed by atoms with van der Waals surface area (Å²) in [5.41, 5.74) is 4.84. The van der Waals surface area contributed by atoms with Crippen LogP contribution in [-0.4, -0.2) is 77.1 Å². The molecule has 8 nitrogen and oxygen atoms in total. The lowest BCUT2D eigenvalue weighted by Crippen LogP contribution is -2.52. The second kappa shape index (κ2) is 8.68. The number of morpholine rings is 1. The van der Waals surface area contributed by atoms with Gasteiger partial charge in [0.25, 0.3) is 0 Å². The van der Waals surface area contributed by atoms with Gasteiger partial charge in [-0.3, -0.25) is 5.10 Å². The number of aromatic nitrogens is 4. The van der Waals surface area contributed by atoms with E-state index in [4.69, 9.17) is 14.5 Å². The monoisotopic (exact) mass is 448 g/mol. The van der Waals surface area contributed by atoms with Crippen molar-refractivity contribution in [3.05, 3.63) is 36.4 Å². The van der Waals surface area contributed by atoms with E-state index in [1.807, 2.05) is 18.2 Å². The molecule has 0 unspecified atom stereocenters. The van der Waals surface area contributed by atoms with Crippen molar-refractivity contribution < 1.29 is 9.47 Å². The number of hydrogen-bond donors (Lipinski definition) is 2. The smallest absolute Gasteiger partial charge is 0.159 e. The van der Waals surface area contributed by atoms with E-state index in [2.05, 4.69) is 71.0 Å². The highest BCUT2D eigenvalue weighted by molar-refractivity contribution is 5.94. The number of aromatic amines is 2. The number of rotatable bonds is 6. The Labute approximate surface area is 193 Å². The van der Waals surface area contributed by atoms with Crippen LogP contribution in [0.5, 0.6) is 5.75 Å². The van der Waals surface area contributed by atoms with Gasteiger partial charge in [-0.1, -0.05) is 0 Å². The Bertz CT molecular complexity index is 1260. The summed E-state index contributed by atoms with van der Waals surface area (Å²) >= 11 is 0. The average molecular weight is 449 g/mol. The Hall–Kier alpha value is -3.10. The lowest BCUT2D eigenvalue weighted by atomic mass is 10.1. The number of anilines is 1. The molecule has 0 amide bonds. The minimum Gasteiger partial charge on any atom is -0.497 e. The van der Waals surface area contributed by atoms with Crippen molar-refractivity contribution in [2.45, 2.75) is 39.0 Å². The van der Waals surface area contributed by atoms with Gasteiger partial charge < -0.3 is 24.3 Å². The maximum absolute atomic E-state index is 6.14. The number of ether oxygens (including phenoxy) is 2. The first kappa shape index (κ1) is 21.7. The maximum Gasteiger partial charge on any atom is 0.159 e. The molecular formula is C25H32N6O2. The molecule has 0 aliphatic carbocycles. The third-order valence-electron chi connectivity index (χ3n) is 6.67. The summed E-state index contributed by atoms with van der Waals surface area (Å²) in [6, 6.07) is 13.1. The highest BCUT2D eigenvalue weighted by Gasteiger charge is 2.28. The molecule has 174 valence electrons. The molecule has 0 saturated carbocycles. The van der Waals surface area contributed by atoms with Crippen LogP contribution >= 0.6 is 0 Å². The summed E-state index contributed by atoms with van der Waals surface area (Å²) in [4.78, 5) is 13.1. The first-order valence-corrected chi connectivity index (χ1v) is 11.5. The van der Waals surface area contributed by atoms with Crippen LogP contribution in [0, 0.1) is 0 Å². The molecule has 8 heteroatoms. The molecule has 5 rings (SSSR count). The average Bonchev–Trinajstić information content (AvgIpc) is 3.42. The SMILES string of the molecule is COc1ccc2[nH]nc(-c3nc4ccc(N5C[C@H](CN(C)C(C)C)OC[C@@H]5C)cc4[nH]3)c2c1. The molecular weight excluding hydrogens is 416 g/mol. The minimum absolute atomic E-state index is 0.187. The van der Waals surface area contributed by atoms with Crippen molar-refractivity contribution in [2.24, 2.45) is 0 Å². The fourth-order valence-corrected chi connectivity index (χ4v) is 4.41. The Morgan fingerprint density at radius 1 is 1.21 bits per heavy atom. The Morgan fingerprint density at radius 2 is 2.06 bits per heavy atom. The molecule has 2 N–H and O–H groups in total. The normalized spacial score (nSPS) is 19.3. The number of methoxy groups -OCH3 is 1. The van der Waals surface area contributed by atoms with Crippen LogP contribution in [0.2, 0.25) is 0 Å². The fourth-order valence-electron chi connectivity index (χ4n) is 4.41. The summed E-state index contributed by atoms with van der Waals surface area (Å²) in [5, 5.41) is 8.57. The van der Waals surface area contributed by atoms with Crippen LogP contribution in [0.15, 0.2) is 36.4 Å². The quantitative estimate of drug-likeness (QED) is 0.463. The van der Waals surface area contributed by atoms with E-state index in [-0.39, 0.29) is 6.10 Å².